The van der Waals surface area contributed by atoms with E-state index in [-0.39, 0.29) is 5.66 Å². The van der Waals surface area contributed by atoms with Gasteiger partial charge in [-0.25, -0.2) is 0 Å². The SMILES string of the molecule is CN[C@@]12CCCC(=O)N1C[C@@H]1CCCN3CCC[C@@H]2[C@@H]13. The number of amides is 1. The minimum Gasteiger partial charge on any atom is -0.324 e. The first-order valence-electron chi connectivity index (χ1n) is 8.50. The molecule has 1 N–H and O–H groups in total. The molecule has 4 atom stereocenters. The van der Waals surface area contributed by atoms with Gasteiger partial charge in [0.25, 0.3) is 0 Å². The number of nitrogens with one attached hydrogen (secondary N) is 1. The molecular formula is C16H27N3O. The predicted octanol–water partition coefficient (Wildman–Crippen LogP) is 1.42. The highest BCUT2D eigenvalue weighted by Gasteiger charge is 2.58. The molecule has 4 nitrogen and oxygen atoms in total. The van der Waals surface area contributed by atoms with Crippen LogP contribution in [-0.2, 0) is 4.79 Å². The fourth-order valence-corrected chi connectivity index (χ4v) is 5.76. The van der Waals surface area contributed by atoms with E-state index in [0.29, 0.717) is 11.8 Å². The zero-order valence-electron chi connectivity index (χ0n) is 12.6. The molecule has 4 saturated heterocycles. The molecule has 20 heavy (non-hydrogen) atoms. The highest BCUT2D eigenvalue weighted by atomic mass is 16.2. The molecule has 0 aliphatic carbocycles. The third-order valence-corrected chi connectivity index (χ3v) is 6.49. The average molecular weight is 277 g/mol. The second-order valence-electron chi connectivity index (χ2n) is 7.21. The largest absolute Gasteiger partial charge is 0.324 e. The fraction of sp³-hybridized carbons (Fsp3) is 0.938. The van der Waals surface area contributed by atoms with Gasteiger partial charge in [-0.3, -0.25) is 15.0 Å². The van der Waals surface area contributed by atoms with Crippen molar-refractivity contribution < 1.29 is 4.79 Å². The Morgan fingerprint density at radius 1 is 1.20 bits per heavy atom. The van der Waals surface area contributed by atoms with Gasteiger partial charge < -0.3 is 4.90 Å². The minimum absolute atomic E-state index is 0.0352. The monoisotopic (exact) mass is 277 g/mol. The maximum absolute atomic E-state index is 12.5. The molecule has 1 amide bonds. The summed E-state index contributed by atoms with van der Waals surface area (Å²) < 4.78 is 0. The van der Waals surface area contributed by atoms with Crippen molar-refractivity contribution >= 4 is 5.91 Å². The van der Waals surface area contributed by atoms with E-state index < -0.39 is 0 Å². The third kappa shape index (κ3) is 1.64. The molecule has 4 heteroatoms. The highest BCUT2D eigenvalue weighted by Crippen LogP contribution is 2.49. The molecule has 0 unspecified atom stereocenters. The van der Waals surface area contributed by atoms with E-state index in [1.54, 1.807) is 0 Å². The van der Waals surface area contributed by atoms with Gasteiger partial charge in [-0.05, 0) is 64.6 Å². The zero-order chi connectivity index (χ0) is 13.7. The molecule has 0 aromatic rings. The first-order chi connectivity index (χ1) is 9.76. The Bertz CT molecular complexity index is 411. The molecule has 0 aromatic heterocycles. The average Bonchev–Trinajstić information content (AvgIpc) is 2.49. The van der Waals surface area contributed by atoms with E-state index >= 15 is 0 Å². The second kappa shape index (κ2) is 4.70. The summed E-state index contributed by atoms with van der Waals surface area (Å²) >= 11 is 0. The summed E-state index contributed by atoms with van der Waals surface area (Å²) in [4.78, 5) is 17.5. The highest BCUT2D eigenvalue weighted by molar-refractivity contribution is 5.78. The van der Waals surface area contributed by atoms with Crippen molar-refractivity contribution in [2.45, 2.75) is 56.7 Å². The van der Waals surface area contributed by atoms with Gasteiger partial charge in [0, 0.05) is 24.9 Å². The van der Waals surface area contributed by atoms with Crippen molar-refractivity contribution in [3.63, 3.8) is 0 Å². The van der Waals surface area contributed by atoms with Crippen molar-refractivity contribution in [1.29, 1.82) is 0 Å². The van der Waals surface area contributed by atoms with Crippen LogP contribution in [0, 0.1) is 11.8 Å². The fourth-order valence-electron chi connectivity index (χ4n) is 5.76. The van der Waals surface area contributed by atoms with Crippen LogP contribution in [0.25, 0.3) is 0 Å². The van der Waals surface area contributed by atoms with Gasteiger partial charge in [-0.2, -0.15) is 0 Å². The molecule has 4 aliphatic heterocycles. The van der Waals surface area contributed by atoms with Crippen molar-refractivity contribution in [3.8, 4) is 0 Å². The van der Waals surface area contributed by atoms with Gasteiger partial charge in [0.05, 0.1) is 5.66 Å². The summed E-state index contributed by atoms with van der Waals surface area (Å²) in [6, 6.07) is 0.729. The van der Waals surface area contributed by atoms with Crippen LogP contribution in [0.3, 0.4) is 0 Å². The Kier molecular flexibility index (Phi) is 3.08. The molecule has 4 heterocycles. The molecule has 0 saturated carbocycles. The number of fused-ring (bicyclic) bond motifs is 2. The Balaban J connectivity index is 1.74. The Morgan fingerprint density at radius 2 is 2.00 bits per heavy atom. The Hall–Kier alpha value is -0.610. The molecular weight excluding hydrogens is 250 g/mol. The van der Waals surface area contributed by atoms with Crippen LogP contribution in [0.2, 0.25) is 0 Å². The van der Waals surface area contributed by atoms with Crippen LogP contribution in [-0.4, -0.2) is 54.1 Å². The van der Waals surface area contributed by atoms with Crippen molar-refractivity contribution in [2.75, 3.05) is 26.7 Å². The Labute approximate surface area is 121 Å². The maximum atomic E-state index is 12.5. The van der Waals surface area contributed by atoms with Crippen LogP contribution in [0.5, 0.6) is 0 Å². The smallest absolute Gasteiger partial charge is 0.224 e. The van der Waals surface area contributed by atoms with E-state index in [4.69, 9.17) is 0 Å². The molecule has 4 fully saturated rings. The lowest BCUT2D eigenvalue weighted by molar-refractivity contribution is -0.175. The van der Waals surface area contributed by atoms with Crippen molar-refractivity contribution in [2.24, 2.45) is 11.8 Å². The van der Waals surface area contributed by atoms with E-state index in [0.717, 1.165) is 37.8 Å². The van der Waals surface area contributed by atoms with Crippen LogP contribution < -0.4 is 5.32 Å². The number of carbonyl (C=O) groups is 1. The van der Waals surface area contributed by atoms with E-state index in [1.165, 1.54) is 38.8 Å². The number of rotatable bonds is 1. The van der Waals surface area contributed by atoms with Crippen molar-refractivity contribution in [3.05, 3.63) is 0 Å². The predicted molar refractivity (Wildman–Crippen MR) is 78.2 cm³/mol. The second-order valence-corrected chi connectivity index (χ2v) is 7.21. The molecule has 0 aromatic carbocycles. The molecule has 0 radical (unpaired) electrons. The lowest BCUT2D eigenvalue weighted by Gasteiger charge is -2.64. The first-order valence-corrected chi connectivity index (χ1v) is 8.50. The quantitative estimate of drug-likeness (QED) is 0.787. The summed E-state index contributed by atoms with van der Waals surface area (Å²) in [5.41, 5.74) is -0.0352. The first kappa shape index (κ1) is 13.1. The van der Waals surface area contributed by atoms with Gasteiger partial charge in [-0.15, -0.1) is 0 Å². The standard InChI is InChI=1S/C16H27N3O/c1-17-16-8-2-7-14(20)19(16)11-12-5-3-9-18-10-4-6-13(16)15(12)18/h12-13,15,17H,2-11H2,1H3/t12-,13+,15+,16-/m0/s1. The number of nitrogens with zero attached hydrogens (tertiary/aromatic N) is 2. The number of hydrogen-bond donors (Lipinski definition) is 1. The van der Waals surface area contributed by atoms with Gasteiger partial charge >= 0.3 is 0 Å². The lowest BCUT2D eigenvalue weighted by Crippen LogP contribution is -2.76. The summed E-state index contributed by atoms with van der Waals surface area (Å²) in [7, 11) is 2.08. The molecule has 4 aliphatic rings. The third-order valence-electron chi connectivity index (χ3n) is 6.49. The molecule has 4 rings (SSSR count). The van der Waals surface area contributed by atoms with Crippen LogP contribution in [0.15, 0.2) is 0 Å². The summed E-state index contributed by atoms with van der Waals surface area (Å²) in [6.45, 7) is 3.56. The van der Waals surface area contributed by atoms with Crippen LogP contribution in [0.1, 0.15) is 44.9 Å². The van der Waals surface area contributed by atoms with Crippen LogP contribution in [0.4, 0.5) is 0 Å². The summed E-state index contributed by atoms with van der Waals surface area (Å²) in [6.07, 6.45) is 8.21. The van der Waals surface area contributed by atoms with Crippen LogP contribution >= 0.6 is 0 Å². The maximum Gasteiger partial charge on any atom is 0.224 e. The molecule has 0 spiro atoms. The number of piperidine rings is 4. The van der Waals surface area contributed by atoms with Gasteiger partial charge in [0.1, 0.15) is 0 Å². The normalized spacial score (nSPS) is 45.0. The van der Waals surface area contributed by atoms with E-state index in [1.807, 2.05) is 0 Å². The van der Waals surface area contributed by atoms with E-state index in [9.17, 15) is 4.79 Å². The van der Waals surface area contributed by atoms with Gasteiger partial charge in [-0.1, -0.05) is 0 Å². The minimum atomic E-state index is -0.0352. The van der Waals surface area contributed by atoms with Crippen molar-refractivity contribution in [1.82, 2.24) is 15.1 Å². The molecule has 112 valence electrons. The van der Waals surface area contributed by atoms with E-state index in [2.05, 4.69) is 22.2 Å². The number of carbonyl (C=O) groups excluding carboxylic acids is 1. The molecule has 0 bridgehead atoms. The zero-order valence-corrected chi connectivity index (χ0v) is 12.6. The number of hydrogen-bond acceptors (Lipinski definition) is 3. The van der Waals surface area contributed by atoms with Gasteiger partial charge in [0.2, 0.25) is 5.91 Å². The summed E-state index contributed by atoms with van der Waals surface area (Å²) in [5, 5.41) is 3.62. The topological polar surface area (TPSA) is 35.6 Å². The lowest BCUT2D eigenvalue weighted by atomic mass is 9.64. The van der Waals surface area contributed by atoms with Gasteiger partial charge in [0.15, 0.2) is 0 Å². The summed E-state index contributed by atoms with van der Waals surface area (Å²) in [5.74, 6) is 1.76. The Morgan fingerprint density at radius 3 is 2.80 bits per heavy atom.